The quantitative estimate of drug-likeness (QED) is 0.249. The molecule has 186 valence electrons. The van der Waals surface area contributed by atoms with Gasteiger partial charge in [0.1, 0.15) is 5.75 Å². The maximum Gasteiger partial charge on any atom is 0.319 e. The van der Waals surface area contributed by atoms with Crippen molar-refractivity contribution in [2.24, 2.45) is 0 Å². The number of amides is 2. The number of hydrogen-bond acceptors (Lipinski definition) is 5. The van der Waals surface area contributed by atoms with E-state index in [4.69, 9.17) is 16.3 Å². The number of thioether (sulfide) groups is 1. The Kier molecular flexibility index (Phi) is 8.51. The average molecular weight is 522 g/mol. The van der Waals surface area contributed by atoms with Gasteiger partial charge in [0.25, 0.3) is 0 Å². The summed E-state index contributed by atoms with van der Waals surface area (Å²) in [6.07, 6.45) is 0.948. The van der Waals surface area contributed by atoms with Crippen molar-refractivity contribution in [3.63, 3.8) is 0 Å². The molecule has 7 nitrogen and oxygen atoms in total. The summed E-state index contributed by atoms with van der Waals surface area (Å²) in [5.74, 6) is 2.09. The van der Waals surface area contributed by atoms with Crippen LogP contribution in [0, 0.1) is 6.92 Å². The lowest BCUT2D eigenvalue weighted by molar-refractivity contribution is 0.251. The van der Waals surface area contributed by atoms with Gasteiger partial charge in [-0.2, -0.15) is 0 Å². The van der Waals surface area contributed by atoms with Crippen LogP contribution >= 0.6 is 23.4 Å². The monoisotopic (exact) mass is 521 g/mol. The van der Waals surface area contributed by atoms with Gasteiger partial charge >= 0.3 is 6.03 Å². The van der Waals surface area contributed by atoms with Crippen molar-refractivity contribution in [3.8, 4) is 11.4 Å². The molecule has 0 aliphatic carbocycles. The molecule has 0 aliphatic heterocycles. The Hall–Kier alpha value is -3.49. The molecule has 1 aromatic heterocycles. The molecule has 0 aliphatic rings. The first-order valence-corrected chi connectivity index (χ1v) is 12.9. The standard InChI is InChI=1S/C27H28ClN5O2S/c1-4-19-9-12-22(13-10-19)30-26(34)29-16-25-31-32-27(33(25)24-15-21(28)11-8-18(24)2)36-17-20-6-5-7-23(14-20)35-3/h5-15H,4,16-17H2,1-3H3,(H2,29,30,34). The van der Waals surface area contributed by atoms with E-state index in [0.717, 1.165) is 34.7 Å². The van der Waals surface area contributed by atoms with Crippen molar-refractivity contribution in [3.05, 3.63) is 94.3 Å². The highest BCUT2D eigenvalue weighted by Gasteiger charge is 2.17. The lowest BCUT2D eigenvalue weighted by Gasteiger charge is -2.14. The van der Waals surface area contributed by atoms with Crippen molar-refractivity contribution in [2.45, 2.75) is 37.7 Å². The Morgan fingerprint density at radius 3 is 2.61 bits per heavy atom. The van der Waals surface area contributed by atoms with Crippen molar-refractivity contribution in [1.82, 2.24) is 20.1 Å². The van der Waals surface area contributed by atoms with E-state index in [1.54, 1.807) is 18.9 Å². The van der Waals surface area contributed by atoms with E-state index in [9.17, 15) is 4.79 Å². The lowest BCUT2D eigenvalue weighted by atomic mass is 10.1. The van der Waals surface area contributed by atoms with Crippen LogP contribution in [0.4, 0.5) is 10.5 Å². The summed E-state index contributed by atoms with van der Waals surface area (Å²) < 4.78 is 7.28. The third-order valence-electron chi connectivity index (χ3n) is 5.64. The highest BCUT2D eigenvalue weighted by atomic mass is 35.5. The number of rotatable bonds is 9. The van der Waals surface area contributed by atoms with Crippen LogP contribution < -0.4 is 15.4 Å². The fraction of sp³-hybridized carbons (Fsp3) is 0.222. The highest BCUT2D eigenvalue weighted by Crippen LogP contribution is 2.29. The number of carbonyl (C=O) groups is 1. The number of methoxy groups -OCH3 is 1. The molecule has 3 aromatic carbocycles. The topological polar surface area (TPSA) is 81.1 Å². The zero-order valence-electron chi connectivity index (χ0n) is 20.4. The number of benzene rings is 3. The van der Waals surface area contributed by atoms with Crippen LogP contribution in [0.25, 0.3) is 5.69 Å². The van der Waals surface area contributed by atoms with Crippen LogP contribution in [-0.2, 0) is 18.7 Å². The molecule has 4 aromatic rings. The molecule has 1 heterocycles. The van der Waals surface area contributed by atoms with Crippen LogP contribution in [0.15, 0.2) is 71.9 Å². The van der Waals surface area contributed by atoms with E-state index in [1.807, 2.05) is 78.2 Å². The second-order valence-electron chi connectivity index (χ2n) is 8.16. The molecule has 0 saturated heterocycles. The Bertz CT molecular complexity index is 1340. The van der Waals surface area contributed by atoms with E-state index in [1.165, 1.54) is 5.56 Å². The Balaban J connectivity index is 1.53. The first-order chi connectivity index (χ1) is 17.5. The number of nitrogens with one attached hydrogen (secondary N) is 2. The predicted molar refractivity (Wildman–Crippen MR) is 145 cm³/mol. The number of hydrogen-bond donors (Lipinski definition) is 2. The fourth-order valence-electron chi connectivity index (χ4n) is 3.64. The minimum absolute atomic E-state index is 0.192. The van der Waals surface area contributed by atoms with Crippen LogP contribution in [0.3, 0.4) is 0 Å². The molecule has 0 saturated carbocycles. The van der Waals surface area contributed by atoms with E-state index in [0.29, 0.717) is 21.8 Å². The smallest absolute Gasteiger partial charge is 0.319 e. The van der Waals surface area contributed by atoms with Gasteiger partial charge in [0.15, 0.2) is 11.0 Å². The van der Waals surface area contributed by atoms with Gasteiger partial charge in [-0.15, -0.1) is 10.2 Å². The SMILES string of the molecule is CCc1ccc(NC(=O)NCc2nnc(SCc3cccc(OC)c3)n2-c2cc(Cl)ccc2C)cc1. The summed E-state index contributed by atoms with van der Waals surface area (Å²) in [5, 5.41) is 15.9. The van der Waals surface area contributed by atoms with E-state index < -0.39 is 0 Å². The molecule has 0 atom stereocenters. The number of ether oxygens (including phenoxy) is 1. The minimum atomic E-state index is -0.317. The Morgan fingerprint density at radius 1 is 1.06 bits per heavy atom. The Labute approximate surface area is 220 Å². The molecule has 0 fully saturated rings. The zero-order valence-corrected chi connectivity index (χ0v) is 22.0. The molecule has 9 heteroatoms. The predicted octanol–water partition coefficient (Wildman–Crippen LogP) is 6.41. The van der Waals surface area contributed by atoms with Gasteiger partial charge in [0.2, 0.25) is 0 Å². The first kappa shape index (κ1) is 25.6. The highest BCUT2D eigenvalue weighted by molar-refractivity contribution is 7.98. The van der Waals surface area contributed by atoms with Crippen LogP contribution in [0.5, 0.6) is 5.75 Å². The molecule has 0 radical (unpaired) electrons. The molecule has 36 heavy (non-hydrogen) atoms. The summed E-state index contributed by atoms with van der Waals surface area (Å²) in [7, 11) is 1.65. The third-order valence-corrected chi connectivity index (χ3v) is 6.88. The van der Waals surface area contributed by atoms with Crippen LogP contribution in [-0.4, -0.2) is 27.9 Å². The van der Waals surface area contributed by atoms with Crippen molar-refractivity contribution < 1.29 is 9.53 Å². The van der Waals surface area contributed by atoms with E-state index in [-0.39, 0.29) is 12.6 Å². The number of nitrogens with zero attached hydrogens (tertiary/aromatic N) is 3. The van der Waals surface area contributed by atoms with Gasteiger partial charge in [-0.05, 0) is 66.4 Å². The maximum atomic E-state index is 12.6. The van der Waals surface area contributed by atoms with Crippen LogP contribution in [0.2, 0.25) is 5.02 Å². The fourth-order valence-corrected chi connectivity index (χ4v) is 4.72. The number of halogens is 1. The first-order valence-electron chi connectivity index (χ1n) is 11.6. The number of anilines is 1. The summed E-state index contributed by atoms with van der Waals surface area (Å²) in [6, 6.07) is 21.1. The molecule has 0 unspecified atom stereocenters. The maximum absolute atomic E-state index is 12.6. The second-order valence-corrected chi connectivity index (χ2v) is 9.54. The summed E-state index contributed by atoms with van der Waals surface area (Å²) >= 11 is 7.88. The van der Waals surface area contributed by atoms with Gasteiger partial charge in [0.05, 0.1) is 19.3 Å². The summed E-state index contributed by atoms with van der Waals surface area (Å²) in [6.45, 7) is 4.29. The molecule has 2 amide bonds. The van der Waals surface area contributed by atoms with Gasteiger partial charge in [-0.1, -0.05) is 60.6 Å². The van der Waals surface area contributed by atoms with Crippen molar-refractivity contribution >= 4 is 35.1 Å². The molecular formula is C27H28ClN5O2S. The summed E-state index contributed by atoms with van der Waals surface area (Å²) in [4.78, 5) is 12.6. The molecule has 2 N–H and O–H groups in total. The molecule has 0 bridgehead atoms. The lowest BCUT2D eigenvalue weighted by Crippen LogP contribution is -2.29. The molecule has 0 spiro atoms. The van der Waals surface area contributed by atoms with Gasteiger partial charge < -0.3 is 15.4 Å². The average Bonchev–Trinajstić information content (AvgIpc) is 3.30. The number of urea groups is 1. The molecular weight excluding hydrogens is 494 g/mol. The largest absolute Gasteiger partial charge is 0.497 e. The Morgan fingerprint density at radius 2 is 1.86 bits per heavy atom. The van der Waals surface area contributed by atoms with Crippen LogP contribution in [0.1, 0.15) is 29.4 Å². The number of aryl methyl sites for hydroxylation is 2. The van der Waals surface area contributed by atoms with Gasteiger partial charge in [-0.25, -0.2) is 4.79 Å². The van der Waals surface area contributed by atoms with Crippen molar-refractivity contribution in [1.29, 1.82) is 0 Å². The number of aromatic nitrogens is 3. The normalized spacial score (nSPS) is 10.8. The van der Waals surface area contributed by atoms with Crippen molar-refractivity contribution in [2.75, 3.05) is 12.4 Å². The zero-order chi connectivity index (χ0) is 25.5. The summed E-state index contributed by atoms with van der Waals surface area (Å²) in [5.41, 5.74) is 4.93. The third kappa shape index (κ3) is 6.38. The van der Waals surface area contributed by atoms with E-state index in [2.05, 4.69) is 27.8 Å². The minimum Gasteiger partial charge on any atom is -0.497 e. The van der Waals surface area contributed by atoms with Gasteiger partial charge in [0, 0.05) is 16.5 Å². The van der Waals surface area contributed by atoms with Gasteiger partial charge in [-0.3, -0.25) is 4.57 Å². The second kappa shape index (κ2) is 12.0. The number of carbonyl (C=O) groups excluding carboxylic acids is 1. The van der Waals surface area contributed by atoms with E-state index >= 15 is 0 Å². The molecule has 4 rings (SSSR count).